The molecular weight excluding hydrogens is 544 g/mol. The SMILES string of the molecule is CCCCCCCCCCCCC[C@@H](CC(N)=O)OC(=O)[C@H](CCCC(=O)O)NC(=O)Nc1nc2ccccc2s1. The highest BCUT2D eigenvalue weighted by atomic mass is 32.1. The molecule has 0 spiro atoms. The Morgan fingerprint density at radius 3 is 2.17 bits per heavy atom. The molecule has 1 aromatic carbocycles. The number of esters is 1. The van der Waals surface area contributed by atoms with Crippen LogP contribution in [0.1, 0.15) is 110 Å². The highest BCUT2D eigenvalue weighted by Gasteiger charge is 2.26. The first-order valence-corrected chi connectivity index (χ1v) is 15.7. The van der Waals surface area contributed by atoms with E-state index >= 15 is 0 Å². The van der Waals surface area contributed by atoms with Crippen molar-refractivity contribution in [1.29, 1.82) is 0 Å². The summed E-state index contributed by atoms with van der Waals surface area (Å²) in [6.45, 7) is 2.22. The lowest BCUT2D eigenvalue weighted by Crippen LogP contribution is -2.45. The average Bonchev–Trinajstić information content (AvgIpc) is 3.32. The smallest absolute Gasteiger partial charge is 0.328 e. The zero-order valence-electron chi connectivity index (χ0n) is 24.2. The lowest BCUT2D eigenvalue weighted by molar-refractivity contribution is -0.153. The number of carbonyl (C=O) groups excluding carboxylic acids is 3. The number of unbranched alkanes of at least 4 members (excludes halogenated alkanes) is 10. The van der Waals surface area contributed by atoms with Crippen molar-refractivity contribution in [3.8, 4) is 0 Å². The predicted molar refractivity (Wildman–Crippen MR) is 162 cm³/mol. The van der Waals surface area contributed by atoms with Gasteiger partial charge in [0.1, 0.15) is 12.1 Å². The van der Waals surface area contributed by atoms with Gasteiger partial charge in [0.05, 0.1) is 16.6 Å². The molecule has 228 valence electrons. The van der Waals surface area contributed by atoms with Crippen LogP contribution in [-0.2, 0) is 19.1 Å². The first-order valence-electron chi connectivity index (χ1n) is 14.9. The van der Waals surface area contributed by atoms with Gasteiger partial charge in [-0.15, -0.1) is 0 Å². The number of nitrogens with one attached hydrogen (secondary N) is 2. The Morgan fingerprint density at radius 1 is 0.927 bits per heavy atom. The molecule has 10 nitrogen and oxygen atoms in total. The molecule has 0 aliphatic heterocycles. The quantitative estimate of drug-likeness (QED) is 0.0895. The van der Waals surface area contributed by atoms with Gasteiger partial charge in [0.15, 0.2) is 5.13 Å². The van der Waals surface area contributed by atoms with Gasteiger partial charge in [0, 0.05) is 6.42 Å². The number of aliphatic carboxylic acids is 1. The number of carboxylic acid groups (broad SMARTS) is 1. The summed E-state index contributed by atoms with van der Waals surface area (Å²) >= 11 is 1.29. The Balaban J connectivity index is 1.84. The second-order valence-corrected chi connectivity index (χ2v) is 11.5. The molecule has 1 heterocycles. The monoisotopic (exact) mass is 590 g/mol. The van der Waals surface area contributed by atoms with E-state index in [2.05, 4.69) is 22.5 Å². The molecule has 1 aromatic heterocycles. The number of amides is 3. The zero-order chi connectivity index (χ0) is 29.9. The summed E-state index contributed by atoms with van der Waals surface area (Å²) in [6.07, 6.45) is 12.7. The summed E-state index contributed by atoms with van der Waals surface area (Å²) in [5.74, 6) is -2.29. The number of aromatic nitrogens is 1. The van der Waals surface area contributed by atoms with Crippen LogP contribution < -0.4 is 16.4 Å². The number of carbonyl (C=O) groups is 4. The maximum atomic E-state index is 13.1. The van der Waals surface area contributed by atoms with Crippen molar-refractivity contribution in [3.63, 3.8) is 0 Å². The van der Waals surface area contributed by atoms with Crippen LogP contribution in [0, 0.1) is 0 Å². The fourth-order valence-corrected chi connectivity index (χ4v) is 5.49. The number of hydrogen-bond acceptors (Lipinski definition) is 7. The normalized spacial score (nSPS) is 12.5. The molecule has 0 radical (unpaired) electrons. The molecule has 0 saturated carbocycles. The number of urea groups is 1. The highest BCUT2D eigenvalue weighted by molar-refractivity contribution is 7.22. The molecule has 0 saturated heterocycles. The van der Waals surface area contributed by atoms with E-state index in [4.69, 9.17) is 15.6 Å². The van der Waals surface area contributed by atoms with Crippen molar-refractivity contribution in [2.75, 3.05) is 5.32 Å². The number of benzene rings is 1. The molecular formula is C30H46N4O6S. The number of nitrogens with two attached hydrogens (primary N) is 1. The molecule has 5 N–H and O–H groups in total. The third kappa shape index (κ3) is 14.8. The van der Waals surface area contributed by atoms with Crippen molar-refractivity contribution >= 4 is 50.6 Å². The topological polar surface area (TPSA) is 161 Å². The minimum absolute atomic E-state index is 0.0696. The van der Waals surface area contributed by atoms with Crippen LogP contribution in [0.2, 0.25) is 0 Å². The maximum Gasteiger partial charge on any atom is 0.328 e. The molecule has 0 bridgehead atoms. The number of hydrogen-bond donors (Lipinski definition) is 4. The van der Waals surface area contributed by atoms with E-state index in [-0.39, 0.29) is 25.7 Å². The molecule has 0 aliphatic carbocycles. The second-order valence-electron chi connectivity index (χ2n) is 10.5. The number of ether oxygens (including phenoxy) is 1. The fraction of sp³-hybridized carbons (Fsp3) is 0.633. The van der Waals surface area contributed by atoms with Crippen molar-refractivity contribution in [2.24, 2.45) is 5.73 Å². The molecule has 41 heavy (non-hydrogen) atoms. The molecule has 0 unspecified atom stereocenters. The second kappa shape index (κ2) is 19.8. The van der Waals surface area contributed by atoms with Crippen LogP contribution in [0.4, 0.5) is 9.93 Å². The van der Waals surface area contributed by atoms with Gasteiger partial charge in [-0.3, -0.25) is 14.9 Å². The minimum atomic E-state index is -1.09. The van der Waals surface area contributed by atoms with Gasteiger partial charge in [-0.25, -0.2) is 14.6 Å². The number of para-hydroxylation sites is 1. The number of anilines is 1. The summed E-state index contributed by atoms with van der Waals surface area (Å²) in [6, 6.07) is 5.69. The van der Waals surface area contributed by atoms with E-state index < -0.39 is 36.0 Å². The number of rotatable bonds is 22. The number of primary amides is 1. The fourth-order valence-electron chi connectivity index (χ4n) is 4.63. The third-order valence-electron chi connectivity index (χ3n) is 6.83. The lowest BCUT2D eigenvalue weighted by Gasteiger charge is -2.22. The van der Waals surface area contributed by atoms with E-state index in [1.54, 1.807) is 0 Å². The highest BCUT2D eigenvalue weighted by Crippen LogP contribution is 2.25. The van der Waals surface area contributed by atoms with Gasteiger partial charge in [0.2, 0.25) is 5.91 Å². The molecule has 2 atom stereocenters. The summed E-state index contributed by atoms with van der Waals surface area (Å²) in [7, 11) is 0. The Hall–Kier alpha value is -3.21. The summed E-state index contributed by atoms with van der Waals surface area (Å²) in [4.78, 5) is 52.8. The van der Waals surface area contributed by atoms with Gasteiger partial charge in [-0.1, -0.05) is 94.6 Å². The largest absolute Gasteiger partial charge is 0.481 e. The van der Waals surface area contributed by atoms with Crippen molar-refractivity contribution < 1.29 is 29.0 Å². The van der Waals surface area contributed by atoms with Crippen LogP contribution in [0.3, 0.4) is 0 Å². The van der Waals surface area contributed by atoms with Crippen molar-refractivity contribution in [3.05, 3.63) is 24.3 Å². The zero-order valence-corrected chi connectivity index (χ0v) is 25.0. The Kier molecular flexibility index (Phi) is 16.4. The molecule has 0 aliphatic rings. The van der Waals surface area contributed by atoms with Gasteiger partial charge in [-0.05, 0) is 37.8 Å². The van der Waals surface area contributed by atoms with Crippen LogP contribution in [0.5, 0.6) is 0 Å². The minimum Gasteiger partial charge on any atom is -0.481 e. The van der Waals surface area contributed by atoms with Crippen LogP contribution in [0.25, 0.3) is 10.2 Å². The molecule has 2 rings (SSSR count). The Morgan fingerprint density at radius 2 is 1.56 bits per heavy atom. The number of fused-ring (bicyclic) bond motifs is 1. The van der Waals surface area contributed by atoms with Gasteiger partial charge < -0.3 is 20.9 Å². The Bertz CT molecular complexity index is 1060. The maximum absolute atomic E-state index is 13.1. The Labute approximate surface area is 246 Å². The average molecular weight is 591 g/mol. The van der Waals surface area contributed by atoms with E-state index in [0.717, 1.165) is 35.9 Å². The van der Waals surface area contributed by atoms with Gasteiger partial charge in [0.25, 0.3) is 0 Å². The van der Waals surface area contributed by atoms with E-state index in [9.17, 15) is 19.2 Å². The van der Waals surface area contributed by atoms with Gasteiger partial charge in [-0.2, -0.15) is 0 Å². The molecule has 2 aromatic rings. The number of thiazole rings is 1. The van der Waals surface area contributed by atoms with E-state index in [1.807, 2.05) is 24.3 Å². The lowest BCUT2D eigenvalue weighted by atomic mass is 10.0. The van der Waals surface area contributed by atoms with Crippen molar-refractivity contribution in [1.82, 2.24) is 10.3 Å². The third-order valence-corrected chi connectivity index (χ3v) is 7.78. The first kappa shape index (κ1) is 34.0. The van der Waals surface area contributed by atoms with E-state index in [1.165, 1.54) is 56.3 Å². The summed E-state index contributed by atoms with van der Waals surface area (Å²) < 4.78 is 6.53. The molecule has 0 fully saturated rings. The predicted octanol–water partition coefficient (Wildman–Crippen LogP) is 6.53. The number of nitrogens with zero attached hydrogens (tertiary/aromatic N) is 1. The summed E-state index contributed by atoms with van der Waals surface area (Å²) in [5.41, 5.74) is 6.14. The van der Waals surface area contributed by atoms with Crippen LogP contribution in [0.15, 0.2) is 24.3 Å². The van der Waals surface area contributed by atoms with Crippen LogP contribution in [-0.4, -0.2) is 46.1 Å². The first-order chi connectivity index (χ1) is 19.8. The summed E-state index contributed by atoms with van der Waals surface area (Å²) in [5, 5.41) is 14.6. The number of carboxylic acids is 1. The van der Waals surface area contributed by atoms with E-state index in [0.29, 0.717) is 11.6 Å². The van der Waals surface area contributed by atoms with Crippen molar-refractivity contribution in [2.45, 2.75) is 122 Å². The molecule has 3 amide bonds. The van der Waals surface area contributed by atoms with Crippen LogP contribution >= 0.6 is 11.3 Å². The molecule has 11 heteroatoms. The standard InChI is InChI=1S/C30H46N4O6S/c1-2-3-4-5-6-7-8-9-10-11-12-16-22(21-26(31)35)40-28(38)24(18-15-20-27(36)37)32-29(39)34-30-33-23-17-13-14-19-25(23)41-30/h13-14,17,19,22,24H,2-12,15-16,18,20-21H2,1H3,(H2,31,35)(H,36,37)(H2,32,33,34,39)/t22-,24-/m0/s1. The van der Waals surface area contributed by atoms with Gasteiger partial charge >= 0.3 is 18.0 Å².